The van der Waals surface area contributed by atoms with E-state index in [0.717, 1.165) is 0 Å². The Balaban J connectivity index is 2.45. The SMILES string of the molecule is CCC(C#N)S(=O)(=O)NCC(C)C1CC1. The summed E-state index contributed by atoms with van der Waals surface area (Å²) in [4.78, 5) is 0. The van der Waals surface area contributed by atoms with Gasteiger partial charge in [0.15, 0.2) is 5.25 Å². The molecule has 2 atom stereocenters. The van der Waals surface area contributed by atoms with Gasteiger partial charge in [-0.2, -0.15) is 5.26 Å². The van der Waals surface area contributed by atoms with Gasteiger partial charge in [0.2, 0.25) is 10.0 Å². The summed E-state index contributed by atoms with van der Waals surface area (Å²) in [7, 11) is -3.43. The van der Waals surface area contributed by atoms with Gasteiger partial charge in [-0.25, -0.2) is 13.1 Å². The number of nitriles is 1. The first kappa shape index (κ1) is 12.5. The minimum atomic E-state index is -3.43. The minimum Gasteiger partial charge on any atom is -0.214 e. The van der Waals surface area contributed by atoms with Gasteiger partial charge >= 0.3 is 0 Å². The highest BCUT2D eigenvalue weighted by Gasteiger charge is 2.30. The number of nitrogens with zero attached hydrogens (tertiary/aromatic N) is 1. The van der Waals surface area contributed by atoms with Crippen LogP contribution in [0.2, 0.25) is 0 Å². The second kappa shape index (κ2) is 4.95. The maximum absolute atomic E-state index is 11.6. The molecule has 86 valence electrons. The van der Waals surface area contributed by atoms with Crippen molar-refractivity contribution >= 4 is 10.0 Å². The van der Waals surface area contributed by atoms with Crippen LogP contribution in [0.1, 0.15) is 33.1 Å². The second-order valence-electron chi connectivity index (χ2n) is 4.23. The Morgan fingerprint density at radius 1 is 1.53 bits per heavy atom. The predicted molar refractivity (Wildman–Crippen MR) is 58.5 cm³/mol. The van der Waals surface area contributed by atoms with E-state index in [1.165, 1.54) is 12.8 Å². The van der Waals surface area contributed by atoms with Crippen LogP contribution in [0.4, 0.5) is 0 Å². The smallest absolute Gasteiger partial charge is 0.214 e. The van der Waals surface area contributed by atoms with Gasteiger partial charge in [-0.15, -0.1) is 0 Å². The molecule has 2 unspecified atom stereocenters. The largest absolute Gasteiger partial charge is 0.227 e. The van der Waals surface area contributed by atoms with Crippen LogP contribution >= 0.6 is 0 Å². The van der Waals surface area contributed by atoms with Gasteiger partial charge < -0.3 is 0 Å². The zero-order valence-electron chi connectivity index (χ0n) is 9.23. The van der Waals surface area contributed by atoms with Crippen molar-refractivity contribution in [3.05, 3.63) is 0 Å². The molecule has 1 aliphatic carbocycles. The van der Waals surface area contributed by atoms with Crippen LogP contribution in [0.25, 0.3) is 0 Å². The van der Waals surface area contributed by atoms with Gasteiger partial charge in [0.25, 0.3) is 0 Å². The Labute approximate surface area is 91.7 Å². The van der Waals surface area contributed by atoms with Crippen LogP contribution < -0.4 is 4.72 Å². The lowest BCUT2D eigenvalue weighted by Gasteiger charge is -2.13. The second-order valence-corrected chi connectivity index (χ2v) is 6.18. The van der Waals surface area contributed by atoms with Gasteiger partial charge in [-0.3, -0.25) is 0 Å². The van der Waals surface area contributed by atoms with E-state index in [9.17, 15) is 8.42 Å². The zero-order valence-corrected chi connectivity index (χ0v) is 10.0. The van der Waals surface area contributed by atoms with E-state index in [-0.39, 0.29) is 0 Å². The number of hydrogen-bond acceptors (Lipinski definition) is 3. The van der Waals surface area contributed by atoms with Crippen molar-refractivity contribution in [2.24, 2.45) is 11.8 Å². The molecule has 0 saturated heterocycles. The normalized spacial score (nSPS) is 20.6. The van der Waals surface area contributed by atoms with Crippen LogP contribution in [0.5, 0.6) is 0 Å². The number of sulfonamides is 1. The van der Waals surface area contributed by atoms with E-state index in [4.69, 9.17) is 5.26 Å². The molecular weight excluding hydrogens is 212 g/mol. The van der Waals surface area contributed by atoms with Crippen LogP contribution in [0.3, 0.4) is 0 Å². The molecule has 0 heterocycles. The maximum Gasteiger partial charge on any atom is 0.227 e. The maximum atomic E-state index is 11.6. The van der Waals surface area contributed by atoms with Crippen molar-refractivity contribution in [3.8, 4) is 6.07 Å². The Hall–Kier alpha value is -0.600. The van der Waals surface area contributed by atoms with E-state index in [1.807, 2.05) is 13.0 Å². The predicted octanol–water partition coefficient (Wildman–Crippen LogP) is 1.25. The third-order valence-corrected chi connectivity index (χ3v) is 4.68. The highest BCUT2D eigenvalue weighted by Crippen LogP contribution is 2.36. The summed E-state index contributed by atoms with van der Waals surface area (Å²) in [6.45, 7) is 4.22. The molecule has 1 N–H and O–H groups in total. The van der Waals surface area contributed by atoms with Gasteiger partial charge in [0.1, 0.15) is 0 Å². The van der Waals surface area contributed by atoms with Gasteiger partial charge in [-0.05, 0) is 31.1 Å². The average Bonchev–Trinajstić information content (AvgIpc) is 2.99. The summed E-state index contributed by atoms with van der Waals surface area (Å²) in [5.41, 5.74) is 0. The Kier molecular flexibility index (Phi) is 4.12. The summed E-state index contributed by atoms with van der Waals surface area (Å²) in [6, 6.07) is 1.81. The first-order valence-corrected chi connectivity index (χ1v) is 6.94. The Morgan fingerprint density at radius 2 is 2.13 bits per heavy atom. The lowest BCUT2D eigenvalue weighted by molar-refractivity contribution is 0.489. The van der Waals surface area contributed by atoms with E-state index in [1.54, 1.807) is 6.92 Å². The summed E-state index contributed by atoms with van der Waals surface area (Å²) in [5.74, 6) is 1.06. The van der Waals surface area contributed by atoms with Crippen LogP contribution in [-0.2, 0) is 10.0 Å². The Morgan fingerprint density at radius 3 is 2.53 bits per heavy atom. The molecule has 0 radical (unpaired) electrons. The quantitative estimate of drug-likeness (QED) is 0.746. The number of nitrogens with one attached hydrogen (secondary N) is 1. The molecule has 1 rings (SSSR count). The number of rotatable bonds is 6. The highest BCUT2D eigenvalue weighted by atomic mass is 32.2. The van der Waals surface area contributed by atoms with E-state index < -0.39 is 15.3 Å². The fourth-order valence-electron chi connectivity index (χ4n) is 1.56. The molecule has 4 nitrogen and oxygen atoms in total. The molecule has 0 bridgehead atoms. The Bertz CT molecular complexity index is 341. The molecule has 1 aliphatic rings. The summed E-state index contributed by atoms with van der Waals surface area (Å²) in [5, 5.41) is 7.77. The van der Waals surface area contributed by atoms with Crippen molar-refractivity contribution in [2.75, 3.05) is 6.54 Å². The van der Waals surface area contributed by atoms with Gasteiger partial charge in [-0.1, -0.05) is 13.8 Å². The standard InChI is InChI=1S/C10H18N2O2S/c1-3-10(6-11)15(13,14)12-7-8(2)9-4-5-9/h8-10,12H,3-5,7H2,1-2H3. The molecular formula is C10H18N2O2S. The van der Waals surface area contributed by atoms with Crippen molar-refractivity contribution in [3.63, 3.8) is 0 Å². The van der Waals surface area contributed by atoms with Crippen molar-refractivity contribution in [2.45, 2.75) is 38.4 Å². The topological polar surface area (TPSA) is 70.0 Å². The lowest BCUT2D eigenvalue weighted by atomic mass is 10.1. The van der Waals surface area contributed by atoms with Crippen LogP contribution in [0, 0.1) is 23.2 Å². The van der Waals surface area contributed by atoms with Crippen LogP contribution in [0.15, 0.2) is 0 Å². The molecule has 0 spiro atoms. The van der Waals surface area contributed by atoms with E-state index in [2.05, 4.69) is 4.72 Å². The third kappa shape index (κ3) is 3.47. The average molecular weight is 230 g/mol. The molecule has 15 heavy (non-hydrogen) atoms. The fourth-order valence-corrected chi connectivity index (χ4v) is 2.83. The summed E-state index contributed by atoms with van der Waals surface area (Å²) < 4.78 is 25.7. The van der Waals surface area contributed by atoms with Crippen molar-refractivity contribution in [1.29, 1.82) is 5.26 Å². The summed E-state index contributed by atoms with van der Waals surface area (Å²) in [6.07, 6.45) is 2.75. The highest BCUT2D eigenvalue weighted by molar-refractivity contribution is 7.90. The molecule has 1 saturated carbocycles. The van der Waals surface area contributed by atoms with Crippen molar-refractivity contribution in [1.82, 2.24) is 4.72 Å². The van der Waals surface area contributed by atoms with E-state index in [0.29, 0.717) is 24.8 Å². The first-order valence-electron chi connectivity index (χ1n) is 5.39. The molecule has 0 aromatic rings. The van der Waals surface area contributed by atoms with Gasteiger partial charge in [0.05, 0.1) is 6.07 Å². The van der Waals surface area contributed by atoms with Crippen molar-refractivity contribution < 1.29 is 8.42 Å². The number of hydrogen-bond donors (Lipinski definition) is 1. The molecule has 0 aromatic heterocycles. The molecule has 0 aromatic carbocycles. The monoisotopic (exact) mass is 230 g/mol. The molecule has 1 fully saturated rings. The third-order valence-electron chi connectivity index (χ3n) is 2.92. The van der Waals surface area contributed by atoms with Gasteiger partial charge in [0, 0.05) is 6.54 Å². The minimum absolute atomic E-state index is 0.337. The zero-order chi connectivity index (χ0) is 11.5. The van der Waals surface area contributed by atoms with E-state index >= 15 is 0 Å². The molecule has 0 amide bonds. The van der Waals surface area contributed by atoms with Crippen LogP contribution in [-0.4, -0.2) is 20.2 Å². The first-order chi connectivity index (χ1) is 7.01. The lowest BCUT2D eigenvalue weighted by Crippen LogP contribution is -2.36. The molecule has 5 heteroatoms. The fraction of sp³-hybridized carbons (Fsp3) is 0.900. The molecule has 0 aliphatic heterocycles. The summed E-state index contributed by atoms with van der Waals surface area (Å²) >= 11 is 0.